The molecule has 0 aliphatic carbocycles. The SMILES string of the molecule is Cc1cccc(NC(=O)Cn2c(C)c(C(=O)C(F)(F)F)c3ccccc32)c1C. The van der Waals surface area contributed by atoms with E-state index in [2.05, 4.69) is 5.32 Å². The van der Waals surface area contributed by atoms with Crippen LogP contribution in [0.1, 0.15) is 27.2 Å². The predicted octanol–water partition coefficient (Wildman–Crippen LogP) is 4.95. The maximum absolute atomic E-state index is 13.0. The Hall–Kier alpha value is -3.09. The Kier molecular flexibility index (Phi) is 5.02. The Labute approximate surface area is 160 Å². The summed E-state index contributed by atoms with van der Waals surface area (Å²) in [5, 5.41) is 2.98. The van der Waals surface area contributed by atoms with Crippen LogP contribution < -0.4 is 5.32 Å². The summed E-state index contributed by atoms with van der Waals surface area (Å²) in [5.41, 5.74) is 2.67. The lowest BCUT2D eigenvalue weighted by Crippen LogP contribution is -2.24. The number of rotatable bonds is 4. The van der Waals surface area contributed by atoms with Gasteiger partial charge in [-0.25, -0.2) is 0 Å². The minimum atomic E-state index is -4.99. The van der Waals surface area contributed by atoms with Crippen LogP contribution in [-0.4, -0.2) is 22.4 Å². The molecule has 0 spiro atoms. The van der Waals surface area contributed by atoms with Gasteiger partial charge in [0.2, 0.25) is 5.91 Å². The molecule has 1 amide bonds. The second kappa shape index (κ2) is 7.14. The highest BCUT2D eigenvalue weighted by atomic mass is 19.4. The summed E-state index contributed by atoms with van der Waals surface area (Å²) in [6.45, 7) is 5.01. The van der Waals surface area contributed by atoms with Crippen molar-refractivity contribution in [3.05, 3.63) is 64.8 Å². The van der Waals surface area contributed by atoms with E-state index in [9.17, 15) is 22.8 Å². The first-order valence-corrected chi connectivity index (χ1v) is 8.66. The van der Waals surface area contributed by atoms with E-state index < -0.39 is 17.5 Å². The van der Waals surface area contributed by atoms with Crippen molar-refractivity contribution in [2.75, 3.05) is 5.32 Å². The van der Waals surface area contributed by atoms with E-state index in [1.807, 2.05) is 26.0 Å². The molecule has 2 aromatic carbocycles. The van der Waals surface area contributed by atoms with Gasteiger partial charge < -0.3 is 9.88 Å². The number of aromatic nitrogens is 1. The summed E-state index contributed by atoms with van der Waals surface area (Å²) >= 11 is 0. The van der Waals surface area contributed by atoms with Gasteiger partial charge in [0.1, 0.15) is 6.54 Å². The van der Waals surface area contributed by atoms with Gasteiger partial charge in [0, 0.05) is 22.3 Å². The molecular formula is C21H19F3N2O2. The molecule has 0 aliphatic rings. The number of carbonyl (C=O) groups excluding carboxylic acids is 2. The van der Waals surface area contributed by atoms with Crippen LogP contribution in [0.15, 0.2) is 42.5 Å². The zero-order valence-electron chi connectivity index (χ0n) is 15.6. The Balaban J connectivity index is 2.00. The number of carbonyl (C=O) groups is 2. The molecule has 146 valence electrons. The molecular weight excluding hydrogens is 369 g/mol. The number of halogens is 3. The minimum absolute atomic E-state index is 0.111. The molecule has 0 unspecified atom stereocenters. The average Bonchev–Trinajstić information content (AvgIpc) is 2.89. The van der Waals surface area contributed by atoms with Crippen LogP contribution in [-0.2, 0) is 11.3 Å². The van der Waals surface area contributed by atoms with E-state index in [1.165, 1.54) is 17.6 Å². The Morgan fingerprint density at radius 1 is 1.00 bits per heavy atom. The van der Waals surface area contributed by atoms with Crippen LogP contribution >= 0.6 is 0 Å². The third kappa shape index (κ3) is 3.52. The van der Waals surface area contributed by atoms with Crippen molar-refractivity contribution in [2.24, 2.45) is 0 Å². The predicted molar refractivity (Wildman–Crippen MR) is 102 cm³/mol. The van der Waals surface area contributed by atoms with Crippen LogP contribution in [0.3, 0.4) is 0 Å². The molecule has 0 fully saturated rings. The number of aryl methyl sites for hydroxylation is 1. The van der Waals surface area contributed by atoms with Gasteiger partial charge in [0.15, 0.2) is 0 Å². The number of para-hydroxylation sites is 1. The number of benzene rings is 2. The maximum atomic E-state index is 13.0. The van der Waals surface area contributed by atoms with Crippen molar-refractivity contribution in [2.45, 2.75) is 33.5 Å². The van der Waals surface area contributed by atoms with Crippen molar-refractivity contribution in [3.8, 4) is 0 Å². The van der Waals surface area contributed by atoms with E-state index in [0.29, 0.717) is 11.2 Å². The van der Waals surface area contributed by atoms with Gasteiger partial charge in [-0.05, 0) is 44.0 Å². The fourth-order valence-electron chi connectivity index (χ4n) is 3.28. The van der Waals surface area contributed by atoms with Crippen LogP contribution in [0.4, 0.5) is 18.9 Å². The standard InChI is InChI=1S/C21H19F3N2O2/c1-12-7-6-9-16(13(12)2)25-18(27)11-26-14(3)19(20(28)21(22,23)24)15-8-4-5-10-17(15)26/h4-10H,11H2,1-3H3,(H,25,27). The van der Waals surface area contributed by atoms with Crippen LogP contribution in [0.2, 0.25) is 0 Å². The molecule has 28 heavy (non-hydrogen) atoms. The normalized spacial score (nSPS) is 11.6. The molecule has 0 saturated heterocycles. The van der Waals surface area contributed by atoms with Gasteiger partial charge in [-0.3, -0.25) is 9.59 Å². The Morgan fingerprint density at radius 2 is 1.68 bits per heavy atom. The van der Waals surface area contributed by atoms with Gasteiger partial charge in [0.05, 0.1) is 5.56 Å². The second-order valence-corrected chi connectivity index (χ2v) is 6.69. The summed E-state index contributed by atoms with van der Waals surface area (Å²) in [5.74, 6) is -2.29. The molecule has 0 bridgehead atoms. The molecule has 1 N–H and O–H groups in total. The molecule has 1 heterocycles. The summed E-state index contributed by atoms with van der Waals surface area (Å²) in [6.07, 6.45) is -4.99. The highest BCUT2D eigenvalue weighted by molar-refractivity contribution is 6.12. The molecule has 4 nitrogen and oxygen atoms in total. The first-order chi connectivity index (χ1) is 13.1. The van der Waals surface area contributed by atoms with E-state index in [-0.39, 0.29) is 23.5 Å². The van der Waals surface area contributed by atoms with E-state index >= 15 is 0 Å². The van der Waals surface area contributed by atoms with Crippen molar-refractivity contribution in [1.82, 2.24) is 4.57 Å². The van der Waals surface area contributed by atoms with Crippen molar-refractivity contribution in [3.63, 3.8) is 0 Å². The second-order valence-electron chi connectivity index (χ2n) is 6.69. The van der Waals surface area contributed by atoms with E-state index in [1.54, 1.807) is 24.3 Å². The topological polar surface area (TPSA) is 51.1 Å². The molecule has 7 heteroatoms. The quantitative estimate of drug-likeness (QED) is 0.643. The van der Waals surface area contributed by atoms with Gasteiger partial charge >= 0.3 is 6.18 Å². The molecule has 1 aromatic heterocycles. The van der Waals surface area contributed by atoms with Crippen LogP contribution in [0, 0.1) is 20.8 Å². The number of hydrogen-bond acceptors (Lipinski definition) is 2. The number of nitrogens with one attached hydrogen (secondary N) is 1. The Morgan fingerprint density at radius 3 is 2.36 bits per heavy atom. The maximum Gasteiger partial charge on any atom is 0.454 e. The summed E-state index contributed by atoms with van der Waals surface area (Å²) in [4.78, 5) is 24.5. The number of amides is 1. The van der Waals surface area contributed by atoms with Gasteiger partial charge in [-0.2, -0.15) is 13.2 Å². The van der Waals surface area contributed by atoms with E-state index in [4.69, 9.17) is 0 Å². The molecule has 0 radical (unpaired) electrons. The molecule has 0 aliphatic heterocycles. The highest BCUT2D eigenvalue weighted by Gasteiger charge is 2.42. The van der Waals surface area contributed by atoms with E-state index in [0.717, 1.165) is 11.1 Å². The van der Waals surface area contributed by atoms with Crippen LogP contribution in [0.5, 0.6) is 0 Å². The summed E-state index contributed by atoms with van der Waals surface area (Å²) < 4.78 is 40.6. The van der Waals surface area contributed by atoms with Crippen molar-refractivity contribution < 1.29 is 22.8 Å². The van der Waals surface area contributed by atoms with Crippen molar-refractivity contribution in [1.29, 1.82) is 0 Å². The number of nitrogens with zero attached hydrogens (tertiary/aromatic N) is 1. The zero-order chi connectivity index (χ0) is 20.6. The first kappa shape index (κ1) is 19.7. The average molecular weight is 388 g/mol. The Bertz CT molecular complexity index is 1080. The van der Waals surface area contributed by atoms with Crippen LogP contribution in [0.25, 0.3) is 10.9 Å². The fourth-order valence-corrected chi connectivity index (χ4v) is 3.28. The lowest BCUT2D eigenvalue weighted by molar-refractivity contribution is -0.116. The molecule has 3 rings (SSSR count). The number of fused-ring (bicyclic) bond motifs is 1. The number of hydrogen-bond donors (Lipinski definition) is 1. The third-order valence-electron chi connectivity index (χ3n) is 4.90. The zero-order valence-corrected chi connectivity index (χ0v) is 15.6. The number of ketones is 1. The van der Waals surface area contributed by atoms with Gasteiger partial charge in [-0.1, -0.05) is 30.3 Å². The minimum Gasteiger partial charge on any atom is -0.335 e. The lowest BCUT2D eigenvalue weighted by Gasteiger charge is -2.12. The largest absolute Gasteiger partial charge is 0.454 e. The lowest BCUT2D eigenvalue weighted by atomic mass is 10.1. The highest BCUT2D eigenvalue weighted by Crippen LogP contribution is 2.31. The van der Waals surface area contributed by atoms with Gasteiger partial charge in [-0.15, -0.1) is 0 Å². The monoisotopic (exact) mass is 388 g/mol. The summed E-state index contributed by atoms with van der Waals surface area (Å²) in [7, 11) is 0. The number of alkyl halides is 3. The van der Waals surface area contributed by atoms with Gasteiger partial charge in [0.25, 0.3) is 5.78 Å². The molecule has 0 atom stereocenters. The first-order valence-electron chi connectivity index (χ1n) is 8.66. The third-order valence-corrected chi connectivity index (χ3v) is 4.90. The molecule has 0 saturated carbocycles. The summed E-state index contributed by atoms with van der Waals surface area (Å²) in [6, 6.07) is 11.8. The smallest absolute Gasteiger partial charge is 0.335 e. The number of Topliss-reactive ketones (excluding diaryl/α,β-unsaturated/α-hetero) is 1. The fraction of sp³-hybridized carbons (Fsp3) is 0.238. The molecule has 3 aromatic rings. The van der Waals surface area contributed by atoms with Crippen molar-refractivity contribution >= 4 is 28.3 Å². The number of anilines is 1.